The molecule has 0 aliphatic carbocycles. The van der Waals surface area contributed by atoms with Crippen molar-refractivity contribution in [3.05, 3.63) is 72.4 Å². The number of nitrogens with zero attached hydrogens (tertiary/aromatic N) is 2. The summed E-state index contributed by atoms with van der Waals surface area (Å²) < 4.78 is 28.7. The molecule has 0 spiro atoms. The van der Waals surface area contributed by atoms with Gasteiger partial charge in [-0.3, -0.25) is 9.29 Å². The molecule has 4 nitrogen and oxygen atoms in total. The summed E-state index contributed by atoms with van der Waals surface area (Å²) in [5, 5.41) is 0.956. The number of benzene rings is 2. The topological polar surface area (TPSA) is 50.3 Å². The molecule has 0 bridgehead atoms. The lowest BCUT2D eigenvalue weighted by Gasteiger charge is -2.25. The first-order chi connectivity index (χ1) is 16.1. The van der Waals surface area contributed by atoms with Crippen LogP contribution in [0, 0.1) is 0 Å². The highest BCUT2D eigenvalue weighted by atomic mass is 32.2. The lowest BCUT2D eigenvalue weighted by atomic mass is 10.1. The third-order valence-electron chi connectivity index (χ3n) is 6.12. The zero-order valence-corrected chi connectivity index (χ0v) is 20.8. The Labute approximate surface area is 200 Å². The Morgan fingerprint density at radius 3 is 2.06 bits per heavy atom. The van der Waals surface area contributed by atoms with Gasteiger partial charge in [-0.1, -0.05) is 113 Å². The Morgan fingerprint density at radius 2 is 1.36 bits per heavy atom. The normalized spacial score (nSPS) is 11.7. The summed E-state index contributed by atoms with van der Waals surface area (Å²) in [4.78, 5) is 4.52. The largest absolute Gasteiger partial charge is 0.268 e. The SMILES string of the molecule is CCCCCCCCCCCCN(c1cccc2cccnc12)S(=O)(=O)Cc1ccccc1. The maximum atomic E-state index is 13.5. The number of unbranched alkanes of at least 4 members (excludes halogenated alkanes) is 9. The molecule has 1 heterocycles. The van der Waals surface area contributed by atoms with Gasteiger partial charge in [0.2, 0.25) is 10.0 Å². The van der Waals surface area contributed by atoms with Crippen molar-refractivity contribution in [2.45, 2.75) is 76.9 Å². The lowest BCUT2D eigenvalue weighted by Crippen LogP contribution is -2.33. The van der Waals surface area contributed by atoms with E-state index in [0.29, 0.717) is 12.2 Å². The average Bonchev–Trinajstić information content (AvgIpc) is 2.82. The molecule has 0 saturated carbocycles. The van der Waals surface area contributed by atoms with E-state index in [-0.39, 0.29) is 5.75 Å². The number of rotatable bonds is 15. The quantitative estimate of drug-likeness (QED) is 0.218. The Morgan fingerprint density at radius 1 is 0.727 bits per heavy atom. The summed E-state index contributed by atoms with van der Waals surface area (Å²) in [6.07, 6.45) is 14.0. The minimum atomic E-state index is -3.54. The van der Waals surface area contributed by atoms with Crippen LogP contribution in [0.1, 0.15) is 76.7 Å². The molecular weight excluding hydrogens is 428 g/mol. The molecule has 0 unspecified atom stereocenters. The van der Waals surface area contributed by atoms with E-state index in [1.165, 1.54) is 44.9 Å². The van der Waals surface area contributed by atoms with E-state index in [9.17, 15) is 8.42 Å². The van der Waals surface area contributed by atoms with Crippen LogP contribution in [0.15, 0.2) is 66.9 Å². The molecule has 5 heteroatoms. The number of hydrogen-bond acceptors (Lipinski definition) is 3. The molecular formula is C28H38N2O2S. The monoisotopic (exact) mass is 466 g/mol. The summed E-state index contributed by atoms with van der Waals surface area (Å²) in [6, 6.07) is 19.1. The molecule has 178 valence electrons. The average molecular weight is 467 g/mol. The van der Waals surface area contributed by atoms with Gasteiger partial charge in [0.1, 0.15) is 0 Å². The molecule has 1 aromatic heterocycles. The van der Waals surface area contributed by atoms with E-state index in [1.807, 2.05) is 60.7 Å². The molecule has 0 radical (unpaired) electrons. The van der Waals surface area contributed by atoms with Gasteiger partial charge in [-0.25, -0.2) is 8.42 Å². The Bertz CT molecular complexity index is 1060. The van der Waals surface area contributed by atoms with Gasteiger partial charge in [0.05, 0.1) is 17.0 Å². The van der Waals surface area contributed by atoms with Gasteiger partial charge in [0, 0.05) is 18.1 Å². The smallest absolute Gasteiger partial charge is 0.239 e. The first-order valence-electron chi connectivity index (χ1n) is 12.5. The van der Waals surface area contributed by atoms with Crippen molar-refractivity contribution in [3.8, 4) is 0 Å². The third kappa shape index (κ3) is 7.85. The summed E-state index contributed by atoms with van der Waals surface area (Å²) >= 11 is 0. The number of sulfonamides is 1. The zero-order chi connectivity index (χ0) is 23.4. The van der Waals surface area contributed by atoms with Crippen LogP contribution < -0.4 is 4.31 Å². The van der Waals surface area contributed by atoms with Crippen LogP contribution in [0.3, 0.4) is 0 Å². The van der Waals surface area contributed by atoms with Crippen LogP contribution in [0.4, 0.5) is 5.69 Å². The highest BCUT2D eigenvalue weighted by Crippen LogP contribution is 2.29. The Hall–Kier alpha value is -2.40. The number of hydrogen-bond donors (Lipinski definition) is 0. The van der Waals surface area contributed by atoms with E-state index in [4.69, 9.17) is 0 Å². The van der Waals surface area contributed by atoms with E-state index < -0.39 is 10.0 Å². The summed E-state index contributed by atoms with van der Waals surface area (Å²) in [7, 11) is -3.54. The van der Waals surface area contributed by atoms with E-state index in [0.717, 1.165) is 35.7 Å². The molecule has 3 rings (SSSR count). The van der Waals surface area contributed by atoms with Gasteiger partial charge in [-0.15, -0.1) is 0 Å². The molecule has 0 amide bonds. The summed E-state index contributed by atoms with van der Waals surface area (Å²) in [6.45, 7) is 2.74. The van der Waals surface area contributed by atoms with Crippen LogP contribution >= 0.6 is 0 Å². The standard InChI is InChI=1S/C28H38N2O2S/c1-2-3-4-5-6-7-8-9-10-14-23-30(33(31,32)24-25-17-12-11-13-18-25)27-21-15-19-26-20-16-22-29-28(26)27/h11-13,15-22H,2-10,14,23-24H2,1H3. The molecule has 0 saturated heterocycles. The van der Waals surface area contributed by atoms with Gasteiger partial charge in [0.15, 0.2) is 0 Å². The third-order valence-corrected chi connectivity index (χ3v) is 7.87. The van der Waals surface area contributed by atoms with Crippen molar-refractivity contribution in [3.63, 3.8) is 0 Å². The second kappa shape index (κ2) is 13.3. The fraction of sp³-hybridized carbons (Fsp3) is 0.464. The number of fused-ring (bicyclic) bond motifs is 1. The highest BCUT2D eigenvalue weighted by Gasteiger charge is 2.24. The van der Waals surface area contributed by atoms with E-state index in [2.05, 4.69) is 11.9 Å². The van der Waals surface area contributed by atoms with Gasteiger partial charge >= 0.3 is 0 Å². The molecule has 0 aliphatic rings. The Kier molecular flexibility index (Phi) is 10.2. The predicted octanol–water partition coefficient (Wildman–Crippen LogP) is 7.49. The van der Waals surface area contributed by atoms with Crippen molar-refractivity contribution in [2.75, 3.05) is 10.8 Å². The Balaban J connectivity index is 1.65. The van der Waals surface area contributed by atoms with E-state index in [1.54, 1.807) is 10.5 Å². The van der Waals surface area contributed by atoms with Crippen LogP contribution in [-0.2, 0) is 15.8 Å². The van der Waals surface area contributed by atoms with Gasteiger partial charge in [-0.05, 0) is 24.1 Å². The molecule has 33 heavy (non-hydrogen) atoms. The first-order valence-corrected chi connectivity index (χ1v) is 14.1. The fourth-order valence-corrected chi connectivity index (χ4v) is 5.93. The summed E-state index contributed by atoms with van der Waals surface area (Å²) in [5.74, 6) is -0.00514. The molecule has 3 aromatic rings. The minimum absolute atomic E-state index is 0.00514. The summed E-state index contributed by atoms with van der Waals surface area (Å²) in [5.41, 5.74) is 2.22. The second-order valence-electron chi connectivity index (χ2n) is 8.85. The molecule has 0 fully saturated rings. The fourth-order valence-electron chi connectivity index (χ4n) is 4.30. The van der Waals surface area contributed by atoms with Crippen molar-refractivity contribution in [2.24, 2.45) is 0 Å². The number of para-hydroxylation sites is 1. The van der Waals surface area contributed by atoms with Crippen molar-refractivity contribution >= 4 is 26.6 Å². The minimum Gasteiger partial charge on any atom is -0.268 e. The van der Waals surface area contributed by atoms with Gasteiger partial charge in [-0.2, -0.15) is 0 Å². The van der Waals surface area contributed by atoms with Gasteiger partial charge < -0.3 is 0 Å². The van der Waals surface area contributed by atoms with Gasteiger partial charge in [0.25, 0.3) is 0 Å². The van der Waals surface area contributed by atoms with Crippen molar-refractivity contribution in [1.29, 1.82) is 0 Å². The maximum absolute atomic E-state index is 13.5. The van der Waals surface area contributed by atoms with Crippen LogP contribution in [0.25, 0.3) is 10.9 Å². The van der Waals surface area contributed by atoms with Crippen molar-refractivity contribution < 1.29 is 8.42 Å². The van der Waals surface area contributed by atoms with Crippen LogP contribution in [-0.4, -0.2) is 19.9 Å². The van der Waals surface area contributed by atoms with Crippen LogP contribution in [0.2, 0.25) is 0 Å². The molecule has 0 atom stereocenters. The van der Waals surface area contributed by atoms with E-state index >= 15 is 0 Å². The highest BCUT2D eigenvalue weighted by molar-refractivity contribution is 7.92. The first kappa shape index (κ1) is 25.2. The van der Waals surface area contributed by atoms with Crippen molar-refractivity contribution in [1.82, 2.24) is 4.98 Å². The zero-order valence-electron chi connectivity index (χ0n) is 20.0. The lowest BCUT2D eigenvalue weighted by molar-refractivity contribution is 0.555. The molecule has 2 aromatic carbocycles. The predicted molar refractivity (Wildman–Crippen MR) is 140 cm³/mol. The second-order valence-corrected chi connectivity index (χ2v) is 10.7. The molecule has 0 aliphatic heterocycles. The number of aromatic nitrogens is 1. The number of pyridine rings is 1. The molecule has 0 N–H and O–H groups in total. The van der Waals surface area contributed by atoms with Crippen LogP contribution in [0.5, 0.6) is 0 Å². The maximum Gasteiger partial charge on any atom is 0.239 e. The number of anilines is 1.